The molecule has 2 aliphatic rings. The van der Waals surface area contributed by atoms with Gasteiger partial charge >= 0.3 is 6.29 Å². The molecular formula is C11H11F2NO2. The lowest BCUT2D eigenvalue weighted by atomic mass is 10.2. The highest BCUT2D eigenvalue weighted by Crippen LogP contribution is 2.41. The molecule has 16 heavy (non-hydrogen) atoms. The topological polar surface area (TPSA) is 30.5 Å². The monoisotopic (exact) mass is 227 g/mol. The Hall–Kier alpha value is -1.36. The maximum atomic E-state index is 12.7. The summed E-state index contributed by atoms with van der Waals surface area (Å²) in [6, 6.07) is 5.46. The summed E-state index contributed by atoms with van der Waals surface area (Å²) in [5, 5.41) is 3.30. The molecule has 0 unspecified atom stereocenters. The lowest BCUT2D eigenvalue weighted by molar-refractivity contribution is -0.286. The lowest BCUT2D eigenvalue weighted by Gasteiger charge is -2.04. The summed E-state index contributed by atoms with van der Waals surface area (Å²) in [6.07, 6.45) is -1.13. The van der Waals surface area contributed by atoms with E-state index in [9.17, 15) is 8.78 Å². The third-order valence-corrected chi connectivity index (χ3v) is 2.64. The number of nitrogens with one attached hydrogen (secondary N) is 1. The fourth-order valence-corrected chi connectivity index (χ4v) is 1.65. The number of benzene rings is 1. The summed E-state index contributed by atoms with van der Waals surface area (Å²) < 4.78 is 34.2. The summed E-state index contributed by atoms with van der Waals surface area (Å²) in [5.74, 6) is 0.209. The highest BCUT2D eigenvalue weighted by Gasteiger charge is 2.43. The second-order valence-corrected chi connectivity index (χ2v) is 4.10. The van der Waals surface area contributed by atoms with Crippen molar-refractivity contribution in [3.8, 4) is 11.5 Å². The molecule has 1 aromatic carbocycles. The van der Waals surface area contributed by atoms with Crippen molar-refractivity contribution in [1.29, 1.82) is 0 Å². The van der Waals surface area contributed by atoms with Gasteiger partial charge in [-0.25, -0.2) is 0 Å². The molecule has 0 spiro atoms. The third kappa shape index (κ3) is 1.95. The van der Waals surface area contributed by atoms with Crippen LogP contribution >= 0.6 is 0 Å². The van der Waals surface area contributed by atoms with Crippen LogP contribution in [0.1, 0.15) is 18.4 Å². The molecule has 0 aromatic heterocycles. The number of hydrogen-bond acceptors (Lipinski definition) is 3. The van der Waals surface area contributed by atoms with Crippen molar-refractivity contribution < 1.29 is 18.3 Å². The lowest BCUT2D eigenvalue weighted by Crippen LogP contribution is -2.25. The molecule has 0 atom stereocenters. The van der Waals surface area contributed by atoms with Gasteiger partial charge in [-0.15, -0.1) is 8.78 Å². The Kier molecular flexibility index (Phi) is 2.04. The molecule has 1 saturated carbocycles. The first-order valence-electron chi connectivity index (χ1n) is 5.24. The largest absolute Gasteiger partial charge is 0.586 e. The van der Waals surface area contributed by atoms with Crippen LogP contribution in [0.5, 0.6) is 11.5 Å². The molecule has 5 heteroatoms. The Labute approximate surface area is 91.4 Å². The molecule has 1 fully saturated rings. The highest BCUT2D eigenvalue weighted by molar-refractivity contribution is 5.45. The van der Waals surface area contributed by atoms with Crippen molar-refractivity contribution in [1.82, 2.24) is 5.32 Å². The van der Waals surface area contributed by atoms with Crippen molar-refractivity contribution in [2.45, 2.75) is 31.7 Å². The van der Waals surface area contributed by atoms with Crippen LogP contribution in [-0.4, -0.2) is 12.3 Å². The van der Waals surface area contributed by atoms with Gasteiger partial charge in [0, 0.05) is 12.6 Å². The maximum absolute atomic E-state index is 12.7. The van der Waals surface area contributed by atoms with E-state index in [2.05, 4.69) is 14.8 Å². The van der Waals surface area contributed by atoms with Crippen molar-refractivity contribution >= 4 is 0 Å². The second kappa shape index (κ2) is 3.31. The van der Waals surface area contributed by atoms with Crippen molar-refractivity contribution in [2.24, 2.45) is 0 Å². The summed E-state index contributed by atoms with van der Waals surface area (Å²) >= 11 is 0. The van der Waals surface area contributed by atoms with Gasteiger partial charge in [-0.05, 0) is 30.5 Å². The maximum Gasteiger partial charge on any atom is 0.586 e. The van der Waals surface area contributed by atoms with Crippen molar-refractivity contribution in [3.63, 3.8) is 0 Å². The van der Waals surface area contributed by atoms with Crippen LogP contribution in [0.4, 0.5) is 8.78 Å². The summed E-state index contributed by atoms with van der Waals surface area (Å²) in [4.78, 5) is 0. The van der Waals surface area contributed by atoms with Crippen molar-refractivity contribution in [3.05, 3.63) is 23.8 Å². The molecule has 3 rings (SSSR count). The van der Waals surface area contributed by atoms with Crippen LogP contribution in [0, 0.1) is 0 Å². The molecule has 1 aliphatic carbocycles. The van der Waals surface area contributed by atoms with Crippen LogP contribution in [0.25, 0.3) is 0 Å². The molecule has 1 heterocycles. The first kappa shape index (κ1) is 9.84. The van der Waals surface area contributed by atoms with Gasteiger partial charge in [-0.2, -0.15) is 0 Å². The van der Waals surface area contributed by atoms with Gasteiger partial charge < -0.3 is 14.8 Å². The van der Waals surface area contributed by atoms with E-state index in [4.69, 9.17) is 0 Å². The molecule has 1 N–H and O–H groups in total. The minimum Gasteiger partial charge on any atom is -0.395 e. The number of halogens is 2. The standard InChI is InChI=1S/C11H11F2NO2/c12-11(13)15-9-4-1-7(5-10(9)16-11)6-14-8-2-3-8/h1,4-5,8,14H,2-3,6H2. The Morgan fingerprint density at radius 1 is 1.25 bits per heavy atom. The fourth-order valence-electron chi connectivity index (χ4n) is 1.65. The van der Waals surface area contributed by atoms with E-state index in [1.807, 2.05) is 0 Å². The fraction of sp³-hybridized carbons (Fsp3) is 0.455. The van der Waals surface area contributed by atoms with E-state index in [-0.39, 0.29) is 11.5 Å². The molecular weight excluding hydrogens is 216 g/mol. The zero-order chi connectivity index (χ0) is 11.2. The van der Waals surface area contributed by atoms with Gasteiger partial charge in [0.1, 0.15) is 0 Å². The SMILES string of the molecule is FC1(F)Oc2ccc(CNC3CC3)cc2O1. The van der Waals surface area contributed by atoms with E-state index in [0.717, 1.165) is 5.56 Å². The highest BCUT2D eigenvalue weighted by atomic mass is 19.3. The zero-order valence-electron chi connectivity index (χ0n) is 8.50. The first-order chi connectivity index (χ1) is 7.62. The van der Waals surface area contributed by atoms with E-state index < -0.39 is 6.29 Å². The van der Waals surface area contributed by atoms with Gasteiger partial charge in [-0.1, -0.05) is 6.07 Å². The Balaban J connectivity index is 1.73. The number of ether oxygens (including phenoxy) is 2. The van der Waals surface area contributed by atoms with Gasteiger partial charge in [0.2, 0.25) is 0 Å². The average Bonchev–Trinajstić information content (AvgIpc) is 2.96. The van der Waals surface area contributed by atoms with E-state index in [1.54, 1.807) is 12.1 Å². The van der Waals surface area contributed by atoms with Gasteiger partial charge in [0.15, 0.2) is 11.5 Å². The molecule has 0 amide bonds. The van der Waals surface area contributed by atoms with Crippen molar-refractivity contribution in [2.75, 3.05) is 0 Å². The second-order valence-electron chi connectivity index (χ2n) is 4.10. The number of alkyl halides is 2. The molecule has 0 radical (unpaired) electrons. The third-order valence-electron chi connectivity index (χ3n) is 2.64. The van der Waals surface area contributed by atoms with Gasteiger partial charge in [0.25, 0.3) is 0 Å². The Morgan fingerprint density at radius 2 is 2.00 bits per heavy atom. The predicted octanol–water partition coefficient (Wildman–Crippen LogP) is 2.26. The molecule has 1 aliphatic heterocycles. The predicted molar refractivity (Wildman–Crippen MR) is 52.5 cm³/mol. The quantitative estimate of drug-likeness (QED) is 0.859. The van der Waals surface area contributed by atoms with Crippen LogP contribution in [0.2, 0.25) is 0 Å². The summed E-state index contributed by atoms with van der Waals surface area (Å²) in [6.45, 7) is 0.673. The number of rotatable bonds is 3. The summed E-state index contributed by atoms with van der Waals surface area (Å²) in [5.41, 5.74) is 0.923. The van der Waals surface area contributed by atoms with Gasteiger partial charge in [-0.3, -0.25) is 0 Å². The number of fused-ring (bicyclic) bond motifs is 1. The first-order valence-corrected chi connectivity index (χ1v) is 5.24. The van der Waals surface area contributed by atoms with Crippen LogP contribution in [-0.2, 0) is 6.54 Å². The zero-order valence-corrected chi connectivity index (χ0v) is 8.50. The molecule has 1 aromatic rings. The molecule has 0 saturated heterocycles. The van der Waals surface area contributed by atoms with E-state index in [0.29, 0.717) is 12.6 Å². The summed E-state index contributed by atoms with van der Waals surface area (Å²) in [7, 11) is 0. The van der Waals surface area contributed by atoms with Gasteiger partial charge in [0.05, 0.1) is 0 Å². The number of hydrogen-bond donors (Lipinski definition) is 1. The average molecular weight is 227 g/mol. The van der Waals surface area contributed by atoms with E-state index >= 15 is 0 Å². The minimum absolute atomic E-state index is 0.0974. The van der Waals surface area contributed by atoms with Crippen LogP contribution in [0.3, 0.4) is 0 Å². The minimum atomic E-state index is -3.52. The van der Waals surface area contributed by atoms with E-state index in [1.165, 1.54) is 18.9 Å². The normalized spacial score (nSPS) is 21.1. The molecule has 3 nitrogen and oxygen atoms in total. The smallest absolute Gasteiger partial charge is 0.395 e. The Bertz CT molecular complexity index is 418. The Morgan fingerprint density at radius 3 is 2.75 bits per heavy atom. The molecule has 0 bridgehead atoms. The molecule has 86 valence electrons. The van der Waals surface area contributed by atoms with Crippen LogP contribution < -0.4 is 14.8 Å². The van der Waals surface area contributed by atoms with Crippen LogP contribution in [0.15, 0.2) is 18.2 Å².